The summed E-state index contributed by atoms with van der Waals surface area (Å²) in [5, 5.41) is 19.2. The Labute approximate surface area is 91.6 Å². The second kappa shape index (κ2) is 4.58. The number of hydrogen-bond donors (Lipinski definition) is 0. The summed E-state index contributed by atoms with van der Waals surface area (Å²) in [5.41, 5.74) is 1.25. The van der Waals surface area contributed by atoms with E-state index in [4.69, 9.17) is 16.9 Å². The molecule has 0 aliphatic rings. The van der Waals surface area contributed by atoms with Gasteiger partial charge in [0.05, 0.1) is 16.0 Å². The Balaban J connectivity index is 3.30. The van der Waals surface area contributed by atoms with E-state index in [1.54, 1.807) is 19.1 Å². The van der Waals surface area contributed by atoms with Gasteiger partial charge < -0.3 is 0 Å². The van der Waals surface area contributed by atoms with Crippen LogP contribution in [0.15, 0.2) is 24.3 Å². The van der Waals surface area contributed by atoms with Crippen LogP contribution in [-0.2, 0) is 0 Å². The van der Waals surface area contributed by atoms with E-state index in [0.29, 0.717) is 5.56 Å². The van der Waals surface area contributed by atoms with Crippen LogP contribution in [0, 0.1) is 28.4 Å². The minimum absolute atomic E-state index is 0.0416. The van der Waals surface area contributed by atoms with Crippen LogP contribution in [0.3, 0.4) is 0 Å². The van der Waals surface area contributed by atoms with Crippen LogP contribution in [0.2, 0.25) is 0 Å². The van der Waals surface area contributed by atoms with Gasteiger partial charge in [0.25, 0.3) is 5.69 Å². The molecule has 0 aliphatic heterocycles. The quantitative estimate of drug-likeness (QED) is 0.439. The van der Waals surface area contributed by atoms with Crippen molar-refractivity contribution in [3.05, 3.63) is 45.5 Å². The number of allylic oxidation sites excluding steroid dienone is 1. The average molecular weight is 223 g/mol. The first-order valence-corrected chi connectivity index (χ1v) is 4.44. The van der Waals surface area contributed by atoms with Crippen LogP contribution in [0.1, 0.15) is 11.1 Å². The fourth-order valence-electron chi connectivity index (χ4n) is 1.12. The van der Waals surface area contributed by atoms with Crippen molar-refractivity contribution in [1.82, 2.24) is 0 Å². The van der Waals surface area contributed by atoms with Crippen molar-refractivity contribution in [1.29, 1.82) is 5.26 Å². The van der Waals surface area contributed by atoms with Gasteiger partial charge in [-0.1, -0.05) is 17.7 Å². The molecule has 1 aromatic rings. The van der Waals surface area contributed by atoms with Crippen LogP contribution < -0.4 is 0 Å². The second-order valence-corrected chi connectivity index (χ2v) is 3.28. The highest BCUT2D eigenvalue weighted by atomic mass is 35.5. The molecular formula is C10H7ClN2O2. The van der Waals surface area contributed by atoms with E-state index in [1.165, 1.54) is 12.1 Å². The van der Waals surface area contributed by atoms with Crippen LogP contribution >= 0.6 is 11.6 Å². The summed E-state index contributed by atoms with van der Waals surface area (Å²) in [6, 6.07) is 6.13. The third kappa shape index (κ3) is 2.55. The molecule has 0 saturated heterocycles. The number of aryl methyl sites for hydroxylation is 1. The summed E-state index contributed by atoms with van der Waals surface area (Å²) in [4.78, 5) is 10.0. The van der Waals surface area contributed by atoms with Gasteiger partial charge in [-0.25, -0.2) is 0 Å². The summed E-state index contributed by atoms with van der Waals surface area (Å²) in [5.74, 6) is 0. The first-order chi connectivity index (χ1) is 7.06. The van der Waals surface area contributed by atoms with E-state index in [9.17, 15) is 10.1 Å². The topological polar surface area (TPSA) is 66.9 Å². The molecule has 0 heterocycles. The minimum Gasteiger partial charge on any atom is -0.258 e. The maximum Gasteiger partial charge on any atom is 0.270 e. The zero-order valence-corrected chi connectivity index (χ0v) is 8.65. The molecule has 1 rings (SSSR count). The molecule has 4 nitrogen and oxygen atoms in total. The van der Waals surface area contributed by atoms with Crippen LogP contribution in [0.4, 0.5) is 5.69 Å². The molecule has 0 fully saturated rings. The first kappa shape index (κ1) is 11.2. The van der Waals surface area contributed by atoms with Crippen LogP contribution in [0.25, 0.3) is 5.03 Å². The van der Waals surface area contributed by atoms with Crippen molar-refractivity contribution in [2.75, 3.05) is 0 Å². The van der Waals surface area contributed by atoms with Gasteiger partial charge in [0.15, 0.2) is 0 Å². The van der Waals surface area contributed by atoms with E-state index in [-0.39, 0.29) is 10.7 Å². The standard InChI is InChI=1S/C10H7ClN2O2/c1-7-2-3-8(13(14)15)6-9(7)10(11)4-5-12/h2-4,6H,1H3. The molecule has 0 N–H and O–H groups in total. The maximum atomic E-state index is 10.5. The Hall–Kier alpha value is -1.86. The summed E-state index contributed by atoms with van der Waals surface area (Å²) in [6.45, 7) is 1.77. The predicted molar refractivity (Wildman–Crippen MR) is 57.3 cm³/mol. The number of hydrogen-bond acceptors (Lipinski definition) is 3. The second-order valence-electron chi connectivity index (χ2n) is 2.88. The van der Waals surface area contributed by atoms with Gasteiger partial charge in [-0.05, 0) is 12.5 Å². The van der Waals surface area contributed by atoms with E-state index in [1.807, 2.05) is 0 Å². The van der Waals surface area contributed by atoms with Gasteiger partial charge in [0.1, 0.15) is 0 Å². The molecule has 5 heteroatoms. The number of nitro groups is 1. The lowest BCUT2D eigenvalue weighted by atomic mass is 10.1. The number of benzene rings is 1. The fourth-order valence-corrected chi connectivity index (χ4v) is 1.37. The number of nitriles is 1. The SMILES string of the molecule is Cc1ccc([N+](=O)[O-])cc1C(Cl)=CC#N. The predicted octanol–water partition coefficient (Wildman–Crippen LogP) is 3.01. The highest BCUT2D eigenvalue weighted by molar-refractivity contribution is 6.49. The molecule has 76 valence electrons. The van der Waals surface area contributed by atoms with E-state index < -0.39 is 4.92 Å². The zero-order chi connectivity index (χ0) is 11.4. The molecule has 0 spiro atoms. The van der Waals surface area contributed by atoms with Crippen molar-refractivity contribution in [3.8, 4) is 6.07 Å². The number of halogens is 1. The van der Waals surface area contributed by atoms with Crippen molar-refractivity contribution in [2.45, 2.75) is 6.92 Å². The highest BCUT2D eigenvalue weighted by Gasteiger charge is 2.10. The molecule has 0 unspecified atom stereocenters. The molecule has 0 aliphatic carbocycles. The van der Waals surface area contributed by atoms with Crippen molar-refractivity contribution in [3.63, 3.8) is 0 Å². The van der Waals surface area contributed by atoms with Gasteiger partial charge >= 0.3 is 0 Å². The van der Waals surface area contributed by atoms with Crippen molar-refractivity contribution < 1.29 is 4.92 Å². The van der Waals surface area contributed by atoms with Gasteiger partial charge in [-0.2, -0.15) is 5.26 Å². The molecule has 15 heavy (non-hydrogen) atoms. The molecule has 0 saturated carbocycles. The van der Waals surface area contributed by atoms with Gasteiger partial charge in [0.2, 0.25) is 0 Å². The summed E-state index contributed by atoms with van der Waals surface area (Å²) in [7, 11) is 0. The number of non-ortho nitro benzene ring substituents is 1. The minimum atomic E-state index is -0.501. The van der Waals surface area contributed by atoms with Gasteiger partial charge in [-0.15, -0.1) is 0 Å². The number of rotatable bonds is 2. The van der Waals surface area contributed by atoms with E-state index in [0.717, 1.165) is 11.6 Å². The Morgan fingerprint density at radius 2 is 2.33 bits per heavy atom. The monoisotopic (exact) mass is 222 g/mol. The van der Waals surface area contributed by atoms with Crippen molar-refractivity contribution >= 4 is 22.3 Å². The molecule has 0 radical (unpaired) electrons. The van der Waals surface area contributed by atoms with Gasteiger partial charge in [0, 0.05) is 23.8 Å². The third-order valence-electron chi connectivity index (χ3n) is 1.88. The fraction of sp³-hybridized carbons (Fsp3) is 0.100. The summed E-state index contributed by atoms with van der Waals surface area (Å²) < 4.78 is 0. The zero-order valence-electron chi connectivity index (χ0n) is 7.90. The number of nitrogens with zero attached hydrogens (tertiary/aromatic N) is 2. The Kier molecular flexibility index (Phi) is 3.42. The number of nitro benzene ring substituents is 1. The molecule has 0 amide bonds. The summed E-state index contributed by atoms with van der Waals surface area (Å²) >= 11 is 5.80. The van der Waals surface area contributed by atoms with Crippen LogP contribution in [-0.4, -0.2) is 4.92 Å². The summed E-state index contributed by atoms with van der Waals surface area (Å²) in [6.07, 6.45) is 1.15. The third-order valence-corrected chi connectivity index (χ3v) is 2.19. The van der Waals surface area contributed by atoms with E-state index in [2.05, 4.69) is 0 Å². The molecule has 0 bridgehead atoms. The molecular weight excluding hydrogens is 216 g/mol. The lowest BCUT2D eigenvalue weighted by Gasteiger charge is -2.02. The Morgan fingerprint density at radius 3 is 2.87 bits per heavy atom. The normalized spacial score (nSPS) is 10.9. The Morgan fingerprint density at radius 1 is 1.67 bits per heavy atom. The van der Waals surface area contributed by atoms with Gasteiger partial charge in [-0.3, -0.25) is 10.1 Å². The van der Waals surface area contributed by atoms with Crippen molar-refractivity contribution in [2.24, 2.45) is 0 Å². The average Bonchev–Trinajstić information content (AvgIpc) is 2.18. The smallest absolute Gasteiger partial charge is 0.258 e. The molecule has 0 aromatic heterocycles. The largest absolute Gasteiger partial charge is 0.270 e. The molecule has 1 aromatic carbocycles. The lowest BCUT2D eigenvalue weighted by molar-refractivity contribution is -0.384. The molecule has 0 atom stereocenters. The highest BCUT2D eigenvalue weighted by Crippen LogP contribution is 2.26. The maximum absolute atomic E-state index is 10.5. The first-order valence-electron chi connectivity index (χ1n) is 4.07. The van der Waals surface area contributed by atoms with Crippen LogP contribution in [0.5, 0.6) is 0 Å². The Bertz CT molecular complexity index is 475. The van der Waals surface area contributed by atoms with E-state index >= 15 is 0 Å². The lowest BCUT2D eigenvalue weighted by Crippen LogP contribution is -1.91.